The van der Waals surface area contributed by atoms with Crippen LogP contribution in [0.1, 0.15) is 13.3 Å². The predicted octanol–water partition coefficient (Wildman–Crippen LogP) is -8.94. The van der Waals surface area contributed by atoms with Gasteiger partial charge in [-0.2, -0.15) is 0 Å². The van der Waals surface area contributed by atoms with E-state index < -0.39 is 161 Å². The summed E-state index contributed by atoms with van der Waals surface area (Å²) in [6.07, 6.45) is -30.2. The van der Waals surface area contributed by atoms with Crippen molar-refractivity contribution < 1.29 is 99.6 Å². The Bertz CT molecular complexity index is 1030. The number of rotatable bonds is 11. The number of amides is 1. The van der Waals surface area contributed by atoms with Crippen LogP contribution in [-0.4, -0.2) is 215 Å². The van der Waals surface area contributed by atoms with Gasteiger partial charge in [-0.05, 0) is 6.42 Å². The van der Waals surface area contributed by atoms with Gasteiger partial charge in [0.1, 0.15) is 79.4 Å². The molecule has 280 valence electrons. The van der Waals surface area contributed by atoms with Crippen LogP contribution in [0.2, 0.25) is 0 Å². The molecule has 4 fully saturated rings. The van der Waals surface area contributed by atoms with Crippen molar-refractivity contribution in [2.45, 2.75) is 130 Å². The maximum atomic E-state index is 12.2. The second-order valence-electron chi connectivity index (χ2n) is 12.3. The van der Waals surface area contributed by atoms with E-state index in [0.717, 1.165) is 6.92 Å². The van der Waals surface area contributed by atoms with Crippen LogP contribution < -0.4 is 5.32 Å². The minimum atomic E-state index is -1.88. The number of aliphatic hydroxyl groups is 13. The van der Waals surface area contributed by atoms with Gasteiger partial charge in [0.05, 0.1) is 44.7 Å². The number of carbonyl (C=O) groups is 1. The second-order valence-corrected chi connectivity index (χ2v) is 12.3. The fourth-order valence-electron chi connectivity index (χ4n) is 6.51. The first kappa shape index (κ1) is 39.5. The number of carbonyl (C=O) groups excluding carboxylic acids is 1. The first-order chi connectivity index (χ1) is 22.7. The molecular formula is C27H47NO20. The highest BCUT2D eigenvalue weighted by molar-refractivity contribution is 5.73. The third kappa shape index (κ3) is 8.10. The lowest BCUT2D eigenvalue weighted by Crippen LogP contribution is -2.68. The fourth-order valence-corrected chi connectivity index (χ4v) is 6.51. The van der Waals surface area contributed by atoms with E-state index in [1.165, 1.54) is 0 Å². The highest BCUT2D eigenvalue weighted by atomic mass is 16.7. The molecule has 21 heteroatoms. The molecule has 20 atom stereocenters. The van der Waals surface area contributed by atoms with Gasteiger partial charge >= 0.3 is 0 Å². The van der Waals surface area contributed by atoms with Crippen molar-refractivity contribution in [3.8, 4) is 0 Å². The van der Waals surface area contributed by atoms with Gasteiger partial charge in [-0.3, -0.25) is 4.79 Å². The Labute approximate surface area is 273 Å². The minimum Gasteiger partial charge on any atom is -0.394 e. The molecule has 0 aromatic heterocycles. The Kier molecular flexibility index (Phi) is 13.8. The van der Waals surface area contributed by atoms with E-state index >= 15 is 0 Å². The van der Waals surface area contributed by atoms with E-state index in [0.29, 0.717) is 0 Å². The molecule has 21 nitrogen and oxygen atoms in total. The summed E-state index contributed by atoms with van der Waals surface area (Å²) in [5.41, 5.74) is 0. The second kappa shape index (κ2) is 16.8. The van der Waals surface area contributed by atoms with Gasteiger partial charge in [-0.15, -0.1) is 0 Å². The summed E-state index contributed by atoms with van der Waals surface area (Å²) in [6.45, 7) is -2.11. The van der Waals surface area contributed by atoms with Gasteiger partial charge in [0, 0.05) is 12.8 Å². The molecule has 0 spiro atoms. The smallest absolute Gasteiger partial charge is 0.217 e. The number of hydrogen-bond acceptors (Lipinski definition) is 20. The highest BCUT2D eigenvalue weighted by Crippen LogP contribution is 2.37. The maximum Gasteiger partial charge on any atom is 0.217 e. The standard InChI is InChI=1S/C27H47NO20/c1-7(33)28-14-9(43-12(5-31)23(18(14)37)47-27-22(41)19(38)17(36)11(4-30)46-27)2-8-15(34)10(3-29)45-26(16(8)35)48-24-13(6-32)44-25(42)21(40)20(24)39/h8-27,29-32,34-42H,2-6H2,1H3,(H,28,33)/t8-,9-,10?,11?,12?,13?,14?,15+,16?,17-,18+,19-,20+,21?,22?,23+,24+,25?,26-,27-/m0/s1. The number of ether oxygens (including phenoxy) is 6. The quantitative estimate of drug-likeness (QED) is 0.0948. The van der Waals surface area contributed by atoms with Crippen molar-refractivity contribution in [1.29, 1.82) is 0 Å². The third-order valence-electron chi connectivity index (χ3n) is 9.17. The zero-order chi connectivity index (χ0) is 35.6. The largest absolute Gasteiger partial charge is 0.394 e. The first-order valence-corrected chi connectivity index (χ1v) is 15.4. The molecule has 48 heavy (non-hydrogen) atoms. The molecule has 0 bridgehead atoms. The third-order valence-corrected chi connectivity index (χ3v) is 9.17. The normalized spacial score (nSPS) is 50.2. The summed E-state index contributed by atoms with van der Waals surface area (Å²) >= 11 is 0. The molecule has 4 heterocycles. The van der Waals surface area contributed by atoms with Crippen LogP contribution in [0.25, 0.3) is 0 Å². The van der Waals surface area contributed by atoms with Crippen LogP contribution in [0.5, 0.6) is 0 Å². The van der Waals surface area contributed by atoms with Gasteiger partial charge in [-0.25, -0.2) is 0 Å². The highest BCUT2D eigenvalue weighted by Gasteiger charge is 2.55. The molecule has 14 N–H and O–H groups in total. The van der Waals surface area contributed by atoms with Crippen molar-refractivity contribution >= 4 is 5.91 Å². The summed E-state index contributed by atoms with van der Waals surface area (Å²) in [6, 6.07) is -1.39. The molecule has 0 saturated carbocycles. The Morgan fingerprint density at radius 1 is 0.542 bits per heavy atom. The molecule has 9 unspecified atom stereocenters. The lowest BCUT2D eigenvalue weighted by Gasteiger charge is -2.50. The summed E-state index contributed by atoms with van der Waals surface area (Å²) in [5.74, 6) is -2.01. The van der Waals surface area contributed by atoms with Crippen molar-refractivity contribution in [3.05, 3.63) is 0 Å². The van der Waals surface area contributed by atoms with Crippen LogP contribution in [0.3, 0.4) is 0 Å². The lowest BCUT2D eigenvalue weighted by molar-refractivity contribution is -0.354. The summed E-state index contributed by atoms with van der Waals surface area (Å²) in [7, 11) is 0. The van der Waals surface area contributed by atoms with E-state index in [1.54, 1.807) is 0 Å². The number of nitrogens with one attached hydrogen (secondary N) is 1. The van der Waals surface area contributed by atoms with Crippen molar-refractivity contribution in [2.75, 3.05) is 26.4 Å². The first-order valence-electron chi connectivity index (χ1n) is 15.4. The molecule has 0 aliphatic carbocycles. The van der Waals surface area contributed by atoms with E-state index in [2.05, 4.69) is 5.32 Å². The minimum absolute atomic E-state index is 0.415. The molecule has 0 aromatic rings. The van der Waals surface area contributed by atoms with Gasteiger partial charge < -0.3 is 100 Å². The van der Waals surface area contributed by atoms with Crippen molar-refractivity contribution in [3.63, 3.8) is 0 Å². The van der Waals surface area contributed by atoms with Gasteiger partial charge in [0.25, 0.3) is 0 Å². The predicted molar refractivity (Wildman–Crippen MR) is 149 cm³/mol. The molecule has 4 aliphatic rings. The topological polar surface area (TPSA) is 347 Å². The monoisotopic (exact) mass is 705 g/mol. The van der Waals surface area contributed by atoms with Crippen molar-refractivity contribution in [2.24, 2.45) is 5.92 Å². The van der Waals surface area contributed by atoms with Crippen molar-refractivity contribution in [1.82, 2.24) is 5.32 Å². The van der Waals surface area contributed by atoms with Crippen LogP contribution in [0.4, 0.5) is 0 Å². The summed E-state index contributed by atoms with van der Waals surface area (Å²) in [4.78, 5) is 12.2. The fraction of sp³-hybridized carbons (Fsp3) is 0.963. The molecule has 1 amide bonds. The number of aliphatic hydroxyl groups excluding tert-OH is 13. The summed E-state index contributed by atoms with van der Waals surface area (Å²) < 4.78 is 33.2. The van der Waals surface area contributed by atoms with Gasteiger partial charge in [0.15, 0.2) is 18.9 Å². The van der Waals surface area contributed by atoms with E-state index in [1.807, 2.05) is 0 Å². The molecule has 4 aliphatic heterocycles. The van der Waals surface area contributed by atoms with Crippen LogP contribution in [-0.2, 0) is 33.2 Å². The Morgan fingerprint density at radius 2 is 1.04 bits per heavy atom. The Hall–Kier alpha value is -1.29. The zero-order valence-corrected chi connectivity index (χ0v) is 25.8. The Morgan fingerprint density at radius 3 is 1.58 bits per heavy atom. The van der Waals surface area contributed by atoms with E-state index in [9.17, 15) is 71.2 Å². The SMILES string of the molecule is CC(=O)NC1[C@H](C[C@@H]2C(O)[C@H](O[C@@H]3C(CO)OC(O)C(O)[C@H]3O)OC(CO)[C@@H]2O)OC(CO)[C@@H](O[C@@H]2OC(CO)[C@H](O)[C@H](O)C2O)[C@@H]1O. The Balaban J connectivity index is 1.56. The van der Waals surface area contributed by atoms with Crippen LogP contribution >= 0.6 is 0 Å². The van der Waals surface area contributed by atoms with Gasteiger partial charge in [-0.1, -0.05) is 0 Å². The molecule has 4 rings (SSSR count). The average molecular weight is 706 g/mol. The number of hydrogen-bond donors (Lipinski definition) is 14. The lowest BCUT2D eigenvalue weighted by atomic mass is 9.80. The average Bonchev–Trinajstić information content (AvgIpc) is 3.06. The molecule has 0 radical (unpaired) electrons. The molecule has 0 aromatic carbocycles. The maximum absolute atomic E-state index is 12.2. The van der Waals surface area contributed by atoms with E-state index in [4.69, 9.17) is 28.4 Å². The zero-order valence-electron chi connectivity index (χ0n) is 25.8. The van der Waals surface area contributed by atoms with Gasteiger partial charge in [0.2, 0.25) is 5.91 Å². The molecule has 4 saturated heterocycles. The molecular weight excluding hydrogens is 658 g/mol. The van der Waals surface area contributed by atoms with Crippen LogP contribution in [0.15, 0.2) is 0 Å². The van der Waals surface area contributed by atoms with Crippen LogP contribution in [0, 0.1) is 5.92 Å². The van der Waals surface area contributed by atoms with E-state index in [-0.39, 0.29) is 0 Å². The summed E-state index contributed by atoms with van der Waals surface area (Å²) in [5, 5.41) is 137.